The van der Waals surface area contributed by atoms with Crippen LogP contribution in [0, 0.1) is 6.92 Å². The number of hydrogen-bond donors (Lipinski definition) is 1. The first-order valence-corrected chi connectivity index (χ1v) is 7.36. The number of aromatic nitrogens is 1. The lowest BCUT2D eigenvalue weighted by Gasteiger charge is -2.30. The molecule has 1 aromatic carbocycles. The quantitative estimate of drug-likeness (QED) is 0.927. The predicted octanol–water partition coefficient (Wildman–Crippen LogP) is 2.95. The van der Waals surface area contributed by atoms with Crippen LogP contribution in [0.4, 0.5) is 0 Å². The van der Waals surface area contributed by atoms with Gasteiger partial charge in [0.15, 0.2) is 0 Å². The number of fused-ring (bicyclic) bond motifs is 1. The van der Waals surface area contributed by atoms with Crippen LogP contribution in [-0.2, 0) is 6.54 Å². The first kappa shape index (κ1) is 14.7. The molecule has 2 heterocycles. The summed E-state index contributed by atoms with van der Waals surface area (Å²) >= 11 is 1.77. The zero-order valence-electron chi connectivity index (χ0n) is 11.1. The summed E-state index contributed by atoms with van der Waals surface area (Å²) in [6.07, 6.45) is 2.40. The Kier molecular flexibility index (Phi) is 4.79. The fraction of sp³-hybridized carbons (Fsp3) is 0.500. The van der Waals surface area contributed by atoms with Gasteiger partial charge in [0.1, 0.15) is 0 Å². The maximum Gasteiger partial charge on any atom is 0.0907 e. The van der Waals surface area contributed by atoms with E-state index < -0.39 is 0 Å². The number of benzene rings is 1. The Morgan fingerprint density at radius 1 is 1.47 bits per heavy atom. The summed E-state index contributed by atoms with van der Waals surface area (Å²) in [5.74, 6) is 0. The van der Waals surface area contributed by atoms with E-state index >= 15 is 0 Å². The molecule has 1 atom stereocenters. The van der Waals surface area contributed by atoms with Crippen molar-refractivity contribution in [3.8, 4) is 0 Å². The standard InChI is InChI=1S/C14H19N3S.ClH/c1-10-16-13-5-4-11(7-14(13)18-10)8-17-6-2-3-12(15)9-17;/h4-5,7,12H,2-3,6,8-9,15H2,1H3;1H. The second kappa shape index (κ2) is 6.18. The highest BCUT2D eigenvalue weighted by Gasteiger charge is 2.16. The molecule has 1 aromatic heterocycles. The third-order valence-corrected chi connectivity index (χ3v) is 4.44. The zero-order valence-corrected chi connectivity index (χ0v) is 12.8. The third-order valence-electron chi connectivity index (χ3n) is 3.51. The second-order valence-corrected chi connectivity index (χ2v) is 6.41. The van der Waals surface area contributed by atoms with Crippen molar-refractivity contribution in [2.75, 3.05) is 13.1 Å². The third kappa shape index (κ3) is 3.45. The molecule has 2 aromatic rings. The maximum atomic E-state index is 6.02. The smallest absolute Gasteiger partial charge is 0.0907 e. The van der Waals surface area contributed by atoms with E-state index in [1.165, 1.54) is 29.6 Å². The molecule has 0 saturated carbocycles. The number of piperidine rings is 1. The molecule has 0 radical (unpaired) electrons. The summed E-state index contributed by atoms with van der Waals surface area (Å²) in [5.41, 5.74) is 8.52. The molecule has 3 nitrogen and oxygen atoms in total. The number of rotatable bonds is 2. The maximum absolute atomic E-state index is 6.02. The summed E-state index contributed by atoms with van der Waals surface area (Å²) in [6.45, 7) is 5.28. The molecule has 0 amide bonds. The molecule has 2 N–H and O–H groups in total. The van der Waals surface area contributed by atoms with Gasteiger partial charge in [0.2, 0.25) is 0 Å². The van der Waals surface area contributed by atoms with Crippen LogP contribution in [0.15, 0.2) is 18.2 Å². The monoisotopic (exact) mass is 297 g/mol. The first-order valence-electron chi connectivity index (χ1n) is 6.55. The van der Waals surface area contributed by atoms with Gasteiger partial charge in [-0.05, 0) is 44.0 Å². The minimum Gasteiger partial charge on any atom is -0.327 e. The Hall–Kier alpha value is -0.680. The van der Waals surface area contributed by atoms with Crippen LogP contribution in [0.2, 0.25) is 0 Å². The average Bonchev–Trinajstić information content (AvgIpc) is 2.68. The number of hydrogen-bond acceptors (Lipinski definition) is 4. The highest BCUT2D eigenvalue weighted by molar-refractivity contribution is 7.18. The van der Waals surface area contributed by atoms with Gasteiger partial charge in [-0.15, -0.1) is 23.7 Å². The topological polar surface area (TPSA) is 42.2 Å². The fourth-order valence-electron chi connectivity index (χ4n) is 2.68. The molecule has 19 heavy (non-hydrogen) atoms. The molecule has 5 heteroatoms. The Morgan fingerprint density at radius 3 is 3.11 bits per heavy atom. The van der Waals surface area contributed by atoms with Crippen molar-refractivity contribution in [3.05, 3.63) is 28.8 Å². The summed E-state index contributed by atoms with van der Waals surface area (Å²) in [6, 6.07) is 6.97. The Balaban J connectivity index is 0.00000133. The van der Waals surface area contributed by atoms with Crippen molar-refractivity contribution in [1.29, 1.82) is 0 Å². The van der Waals surface area contributed by atoms with Crippen LogP contribution in [0.1, 0.15) is 23.4 Å². The van der Waals surface area contributed by atoms with E-state index in [1.807, 2.05) is 0 Å². The van der Waals surface area contributed by atoms with Crippen LogP contribution in [0.25, 0.3) is 10.2 Å². The largest absolute Gasteiger partial charge is 0.327 e. The zero-order chi connectivity index (χ0) is 12.5. The molecule has 1 fully saturated rings. The van der Waals surface area contributed by atoms with E-state index in [0.29, 0.717) is 6.04 Å². The molecular formula is C14H20ClN3S. The number of halogens is 1. The molecule has 3 rings (SSSR count). The average molecular weight is 298 g/mol. The Bertz CT molecular complexity index is 555. The van der Waals surface area contributed by atoms with E-state index in [4.69, 9.17) is 5.73 Å². The SMILES string of the molecule is Cc1nc2ccc(CN3CCCC(N)C3)cc2s1.Cl. The lowest BCUT2D eigenvalue weighted by atomic mass is 10.1. The highest BCUT2D eigenvalue weighted by Crippen LogP contribution is 2.23. The fourth-order valence-corrected chi connectivity index (χ4v) is 3.57. The van der Waals surface area contributed by atoms with Gasteiger partial charge in [0.25, 0.3) is 0 Å². The molecule has 1 saturated heterocycles. The van der Waals surface area contributed by atoms with Crippen molar-refractivity contribution in [2.24, 2.45) is 5.73 Å². The van der Waals surface area contributed by atoms with Gasteiger partial charge >= 0.3 is 0 Å². The molecule has 1 aliphatic heterocycles. The van der Waals surface area contributed by atoms with E-state index in [9.17, 15) is 0 Å². The van der Waals surface area contributed by atoms with Gasteiger partial charge in [-0.2, -0.15) is 0 Å². The van der Waals surface area contributed by atoms with Gasteiger partial charge < -0.3 is 5.73 Å². The summed E-state index contributed by atoms with van der Waals surface area (Å²) < 4.78 is 1.30. The summed E-state index contributed by atoms with van der Waals surface area (Å²) in [4.78, 5) is 6.96. The van der Waals surface area contributed by atoms with Crippen molar-refractivity contribution in [3.63, 3.8) is 0 Å². The number of nitrogens with zero attached hydrogens (tertiary/aromatic N) is 2. The van der Waals surface area contributed by atoms with E-state index in [0.717, 1.165) is 23.6 Å². The number of likely N-dealkylation sites (tertiary alicyclic amines) is 1. The van der Waals surface area contributed by atoms with Crippen LogP contribution in [-0.4, -0.2) is 29.0 Å². The Morgan fingerprint density at radius 2 is 2.32 bits per heavy atom. The van der Waals surface area contributed by atoms with Gasteiger partial charge in [-0.3, -0.25) is 4.90 Å². The van der Waals surface area contributed by atoms with Crippen LogP contribution >= 0.6 is 23.7 Å². The van der Waals surface area contributed by atoms with Crippen LogP contribution in [0.5, 0.6) is 0 Å². The Labute approximate surface area is 124 Å². The molecule has 0 spiro atoms. The minimum atomic E-state index is 0. The molecular weight excluding hydrogens is 278 g/mol. The number of aryl methyl sites for hydroxylation is 1. The van der Waals surface area contributed by atoms with Gasteiger partial charge in [0, 0.05) is 19.1 Å². The molecule has 104 valence electrons. The normalized spacial score (nSPS) is 20.4. The van der Waals surface area contributed by atoms with Crippen molar-refractivity contribution >= 4 is 34.0 Å². The molecule has 0 bridgehead atoms. The van der Waals surface area contributed by atoms with Gasteiger partial charge in [-0.25, -0.2) is 4.98 Å². The highest BCUT2D eigenvalue weighted by atomic mass is 35.5. The lowest BCUT2D eigenvalue weighted by Crippen LogP contribution is -2.42. The number of thiazole rings is 1. The van der Waals surface area contributed by atoms with Crippen molar-refractivity contribution in [2.45, 2.75) is 32.4 Å². The summed E-state index contributed by atoms with van der Waals surface area (Å²) in [7, 11) is 0. The van der Waals surface area contributed by atoms with Gasteiger partial charge in [0.05, 0.1) is 15.2 Å². The van der Waals surface area contributed by atoms with Crippen molar-refractivity contribution < 1.29 is 0 Å². The van der Waals surface area contributed by atoms with Crippen molar-refractivity contribution in [1.82, 2.24) is 9.88 Å². The van der Waals surface area contributed by atoms with Crippen LogP contribution in [0.3, 0.4) is 0 Å². The molecule has 0 aliphatic carbocycles. The molecule has 1 unspecified atom stereocenters. The van der Waals surface area contributed by atoms with Gasteiger partial charge in [-0.1, -0.05) is 6.07 Å². The van der Waals surface area contributed by atoms with E-state index in [-0.39, 0.29) is 12.4 Å². The van der Waals surface area contributed by atoms with E-state index in [1.54, 1.807) is 11.3 Å². The lowest BCUT2D eigenvalue weighted by molar-refractivity contribution is 0.201. The molecule has 1 aliphatic rings. The summed E-state index contributed by atoms with van der Waals surface area (Å²) in [5, 5.41) is 1.14. The minimum absolute atomic E-state index is 0. The predicted molar refractivity (Wildman–Crippen MR) is 84.1 cm³/mol. The van der Waals surface area contributed by atoms with Crippen LogP contribution < -0.4 is 5.73 Å². The van der Waals surface area contributed by atoms with E-state index in [2.05, 4.69) is 35.0 Å². The second-order valence-electron chi connectivity index (χ2n) is 5.17. The first-order chi connectivity index (χ1) is 8.70. The number of nitrogens with two attached hydrogens (primary N) is 1.